The van der Waals surface area contributed by atoms with Gasteiger partial charge in [-0.05, 0) is 31.7 Å². The van der Waals surface area contributed by atoms with Gasteiger partial charge < -0.3 is 25.7 Å². The minimum absolute atomic E-state index is 0.215. The van der Waals surface area contributed by atoms with Gasteiger partial charge in [0.05, 0.1) is 6.54 Å². The molecule has 1 amide bonds. The molecule has 2 heterocycles. The van der Waals surface area contributed by atoms with Crippen LogP contribution in [0.25, 0.3) is 0 Å². The summed E-state index contributed by atoms with van der Waals surface area (Å²) in [5.74, 6) is 1.21. The number of anilines is 2. The lowest BCUT2D eigenvalue weighted by atomic mass is 10.2. The fraction of sp³-hybridized carbons (Fsp3) is 0.552. The van der Waals surface area contributed by atoms with Gasteiger partial charge in [-0.15, -0.1) is 0 Å². The molecule has 7 nitrogen and oxygen atoms in total. The van der Waals surface area contributed by atoms with Crippen molar-refractivity contribution in [3.63, 3.8) is 0 Å². The molecule has 1 aromatic carbocycles. The van der Waals surface area contributed by atoms with Crippen LogP contribution in [0.4, 0.5) is 11.5 Å². The third-order valence-electron chi connectivity index (χ3n) is 5.15. The zero-order valence-corrected chi connectivity index (χ0v) is 23.6. The van der Waals surface area contributed by atoms with Crippen LogP contribution in [-0.2, 0) is 4.79 Å². The molecule has 1 aromatic heterocycles. The first kappa shape index (κ1) is 32.9. The maximum Gasteiger partial charge on any atom is 0.222 e. The number of carbonyl (C=O) groups is 1. The smallest absolute Gasteiger partial charge is 0.222 e. The Morgan fingerprint density at radius 3 is 2.28 bits per heavy atom. The molecular formula is C29H49N5O2. The Morgan fingerprint density at radius 2 is 1.78 bits per heavy atom. The van der Waals surface area contributed by atoms with E-state index in [-0.39, 0.29) is 5.91 Å². The predicted octanol–water partition coefficient (Wildman–Crippen LogP) is 6.34. The largest absolute Gasteiger partial charge is 0.476 e. The van der Waals surface area contributed by atoms with Gasteiger partial charge in [0, 0.05) is 50.1 Å². The van der Waals surface area contributed by atoms with Gasteiger partial charge in [0.25, 0.3) is 0 Å². The third-order valence-corrected chi connectivity index (χ3v) is 5.15. The fourth-order valence-electron chi connectivity index (χ4n) is 3.64. The Morgan fingerprint density at radius 1 is 1.11 bits per heavy atom. The molecule has 202 valence electrons. The van der Waals surface area contributed by atoms with Crippen LogP contribution < -0.4 is 15.4 Å². The molecule has 3 N–H and O–H groups in total. The average Bonchev–Trinajstić information content (AvgIpc) is 3.31. The number of aromatic nitrogens is 1. The van der Waals surface area contributed by atoms with E-state index in [0.29, 0.717) is 31.3 Å². The molecule has 1 aliphatic rings. The molecule has 1 aliphatic heterocycles. The average molecular weight is 500 g/mol. The quantitative estimate of drug-likeness (QED) is 0.372. The van der Waals surface area contributed by atoms with E-state index in [0.717, 1.165) is 50.1 Å². The number of ether oxygens (including phenoxy) is 1. The zero-order valence-electron chi connectivity index (χ0n) is 23.6. The summed E-state index contributed by atoms with van der Waals surface area (Å²) in [6.45, 7) is 18.2. The highest BCUT2D eigenvalue weighted by molar-refractivity contribution is 5.78. The molecule has 0 atom stereocenters. The van der Waals surface area contributed by atoms with E-state index in [2.05, 4.69) is 23.7 Å². The van der Waals surface area contributed by atoms with Crippen LogP contribution in [0.15, 0.2) is 36.4 Å². The van der Waals surface area contributed by atoms with E-state index in [4.69, 9.17) is 15.9 Å². The molecule has 0 bridgehead atoms. The monoisotopic (exact) mass is 499 g/mol. The number of likely N-dealkylation sites (tertiary alicyclic amines) is 1. The van der Waals surface area contributed by atoms with Crippen LogP contribution >= 0.6 is 0 Å². The first-order chi connectivity index (χ1) is 17.5. The maximum atomic E-state index is 11.6. The summed E-state index contributed by atoms with van der Waals surface area (Å²) in [5.41, 5.74) is 9.14. The van der Waals surface area contributed by atoms with Crippen molar-refractivity contribution in [3.8, 4) is 5.88 Å². The van der Waals surface area contributed by atoms with Crippen LogP contribution in [0, 0.1) is 12.3 Å². The van der Waals surface area contributed by atoms with Gasteiger partial charge in [-0.3, -0.25) is 4.79 Å². The number of pyridine rings is 1. The topological polar surface area (TPSA) is 95.5 Å². The summed E-state index contributed by atoms with van der Waals surface area (Å²) in [6.07, 6.45) is 5.12. The number of hydrogen-bond donors (Lipinski definition) is 2. The summed E-state index contributed by atoms with van der Waals surface area (Å²) < 4.78 is 5.73. The van der Waals surface area contributed by atoms with Crippen molar-refractivity contribution < 1.29 is 9.53 Å². The predicted molar refractivity (Wildman–Crippen MR) is 155 cm³/mol. The highest BCUT2D eigenvalue weighted by Crippen LogP contribution is 2.23. The molecule has 0 radical (unpaired) electrons. The molecular weight excluding hydrogens is 450 g/mol. The summed E-state index contributed by atoms with van der Waals surface area (Å²) in [7, 11) is 0. The van der Waals surface area contributed by atoms with Gasteiger partial charge in [0.15, 0.2) is 0 Å². The van der Waals surface area contributed by atoms with E-state index < -0.39 is 0 Å². The second-order valence-corrected chi connectivity index (χ2v) is 7.97. The van der Waals surface area contributed by atoms with Crippen LogP contribution in [-0.4, -0.2) is 54.8 Å². The number of hydrogen-bond acceptors (Lipinski definition) is 6. The van der Waals surface area contributed by atoms with E-state index in [9.17, 15) is 4.79 Å². The number of nitrogens with zero attached hydrogens (tertiary/aromatic N) is 3. The number of amides is 1. The van der Waals surface area contributed by atoms with Gasteiger partial charge in [0.2, 0.25) is 11.8 Å². The standard InChI is InChI=1S/C17H28N4O2.C8H9N.2C2H6/c1-3-7-20(8-4-2)14-12-15(18)19-16(13-14)23-11-10-21-9-5-6-17(21)22;1-7-3-2-4-8(5-7)6-9;2*1-2/h12-13H,3-11H2,1-2H3,(H2,18,19);2-6,9H,1H3;2*1-2H3. The minimum atomic E-state index is 0.215. The molecule has 36 heavy (non-hydrogen) atoms. The second-order valence-electron chi connectivity index (χ2n) is 7.97. The summed E-state index contributed by atoms with van der Waals surface area (Å²) >= 11 is 0. The number of rotatable bonds is 10. The SMILES string of the molecule is CC.CC.CCCN(CCC)c1cc(N)nc(OCCN2CCCC2=O)c1.Cc1cccc(C=N)c1. The van der Waals surface area contributed by atoms with Crippen LogP contribution in [0.5, 0.6) is 5.88 Å². The molecule has 0 aliphatic carbocycles. The number of nitrogens with two attached hydrogens (primary N) is 1. The first-order valence-electron chi connectivity index (χ1n) is 13.5. The molecule has 3 rings (SSSR count). The molecule has 1 saturated heterocycles. The summed E-state index contributed by atoms with van der Waals surface area (Å²) in [6, 6.07) is 11.7. The van der Waals surface area contributed by atoms with E-state index in [1.165, 1.54) is 11.8 Å². The van der Waals surface area contributed by atoms with Crippen molar-refractivity contribution in [2.75, 3.05) is 43.4 Å². The van der Waals surface area contributed by atoms with Crippen molar-refractivity contribution in [2.45, 2.75) is 74.1 Å². The highest BCUT2D eigenvalue weighted by atomic mass is 16.5. The van der Waals surface area contributed by atoms with Gasteiger partial charge >= 0.3 is 0 Å². The Bertz CT molecular complexity index is 866. The first-order valence-corrected chi connectivity index (χ1v) is 13.5. The van der Waals surface area contributed by atoms with E-state index in [1.54, 1.807) is 0 Å². The van der Waals surface area contributed by atoms with Crippen molar-refractivity contribution in [1.29, 1.82) is 5.41 Å². The molecule has 0 saturated carbocycles. The Balaban J connectivity index is 0.000000783. The normalized spacial score (nSPS) is 11.8. The van der Waals surface area contributed by atoms with Crippen LogP contribution in [0.3, 0.4) is 0 Å². The molecule has 7 heteroatoms. The third kappa shape index (κ3) is 12.6. The van der Waals surface area contributed by atoms with Crippen molar-refractivity contribution in [3.05, 3.63) is 47.5 Å². The van der Waals surface area contributed by atoms with Gasteiger partial charge in [0.1, 0.15) is 12.4 Å². The maximum absolute atomic E-state index is 11.6. The van der Waals surface area contributed by atoms with Crippen LogP contribution in [0.2, 0.25) is 0 Å². The number of benzene rings is 1. The molecule has 1 fully saturated rings. The van der Waals surface area contributed by atoms with Crippen molar-refractivity contribution in [1.82, 2.24) is 9.88 Å². The van der Waals surface area contributed by atoms with E-state index >= 15 is 0 Å². The molecule has 0 unspecified atom stereocenters. The van der Waals surface area contributed by atoms with Crippen LogP contribution in [0.1, 0.15) is 78.4 Å². The molecule has 0 spiro atoms. The lowest BCUT2D eigenvalue weighted by molar-refractivity contribution is -0.128. The fourth-order valence-corrected chi connectivity index (χ4v) is 3.64. The van der Waals surface area contributed by atoms with Gasteiger partial charge in [-0.2, -0.15) is 4.98 Å². The van der Waals surface area contributed by atoms with E-state index in [1.807, 2.05) is 75.9 Å². The second kappa shape index (κ2) is 20.1. The lowest BCUT2D eigenvalue weighted by Crippen LogP contribution is -2.29. The number of nitrogen functional groups attached to an aromatic ring is 1. The van der Waals surface area contributed by atoms with Gasteiger partial charge in [-0.1, -0.05) is 71.4 Å². The molecule has 2 aromatic rings. The Kier molecular flexibility index (Phi) is 18.4. The lowest BCUT2D eigenvalue weighted by Gasteiger charge is -2.24. The Labute approximate surface area is 219 Å². The minimum Gasteiger partial charge on any atom is -0.476 e. The zero-order chi connectivity index (χ0) is 27.3. The highest BCUT2D eigenvalue weighted by Gasteiger charge is 2.19. The van der Waals surface area contributed by atoms with Crippen molar-refractivity contribution in [2.24, 2.45) is 0 Å². The summed E-state index contributed by atoms with van der Waals surface area (Å²) in [4.78, 5) is 20.0. The number of aryl methyl sites for hydroxylation is 1. The summed E-state index contributed by atoms with van der Waals surface area (Å²) in [5, 5.41) is 6.92. The van der Waals surface area contributed by atoms with Crippen molar-refractivity contribution >= 4 is 23.6 Å². The van der Waals surface area contributed by atoms with Gasteiger partial charge in [-0.25, -0.2) is 0 Å². The number of nitrogens with one attached hydrogen (secondary N) is 1. The number of carbonyl (C=O) groups excluding carboxylic acids is 1. The Hall–Kier alpha value is -3.09.